The lowest BCUT2D eigenvalue weighted by molar-refractivity contribution is -0.870. The van der Waals surface area contributed by atoms with Gasteiger partial charge in [0.1, 0.15) is 13.2 Å². The third kappa shape index (κ3) is 50.2. The fourth-order valence-corrected chi connectivity index (χ4v) is 7.01. The van der Waals surface area contributed by atoms with Crippen molar-refractivity contribution in [1.29, 1.82) is 0 Å². The molecule has 1 N–H and O–H groups in total. The number of aliphatic carboxylic acids is 1. The Labute approximate surface area is 410 Å². The normalized spacial score (nSPS) is 13.5. The van der Waals surface area contributed by atoms with E-state index in [0.29, 0.717) is 17.4 Å². The van der Waals surface area contributed by atoms with Gasteiger partial charge in [0, 0.05) is 12.8 Å². The van der Waals surface area contributed by atoms with Gasteiger partial charge in [-0.3, -0.25) is 9.59 Å². The van der Waals surface area contributed by atoms with Gasteiger partial charge in [0.15, 0.2) is 6.10 Å². The summed E-state index contributed by atoms with van der Waals surface area (Å²) in [7, 11) is 5.94. The van der Waals surface area contributed by atoms with Gasteiger partial charge in [-0.1, -0.05) is 189 Å². The molecule has 2 atom stereocenters. The Balaban J connectivity index is 4.41. The summed E-state index contributed by atoms with van der Waals surface area (Å²) < 4.78 is 22.8. The summed E-state index contributed by atoms with van der Waals surface area (Å²) in [5.41, 5.74) is 0. The second-order valence-electron chi connectivity index (χ2n) is 18.8. The van der Waals surface area contributed by atoms with Crippen molar-refractivity contribution in [3.05, 3.63) is 85.1 Å². The maximum Gasteiger partial charge on any atom is 0.361 e. The van der Waals surface area contributed by atoms with E-state index in [1.807, 2.05) is 21.1 Å². The molecule has 384 valence electrons. The van der Waals surface area contributed by atoms with E-state index in [1.165, 1.54) is 103 Å². The fourth-order valence-electron chi connectivity index (χ4n) is 7.01. The zero-order valence-electron chi connectivity index (χ0n) is 43.5. The number of rotatable bonds is 48. The summed E-state index contributed by atoms with van der Waals surface area (Å²) >= 11 is 0. The second kappa shape index (κ2) is 48.9. The number of likely N-dealkylation sites (N-methyl/N-ethyl adjacent to an activating group) is 1. The molecule has 0 rings (SSSR count). The van der Waals surface area contributed by atoms with Gasteiger partial charge in [-0.15, -0.1) is 0 Å². The topological polar surface area (TPSA) is 108 Å². The SMILES string of the molecule is CC/C=C\C/C=C\C/C=C\C/C=C\C/C=C\C/C=C\CCCCC(=O)OC(COC(=O)CCCCCCCCCCC/C=C\CCCCCCCCCC)COC(OCC[N+](C)(C)C)C(=O)O. The lowest BCUT2D eigenvalue weighted by atomic mass is 10.1. The number of quaternary nitrogens is 1. The number of unbranched alkanes of at least 4 members (excludes halogenated alkanes) is 19. The van der Waals surface area contributed by atoms with Crippen molar-refractivity contribution in [1.82, 2.24) is 0 Å². The Morgan fingerprint density at radius 2 is 0.851 bits per heavy atom. The van der Waals surface area contributed by atoms with Gasteiger partial charge in [-0.2, -0.15) is 0 Å². The van der Waals surface area contributed by atoms with Gasteiger partial charge < -0.3 is 28.5 Å². The van der Waals surface area contributed by atoms with Crippen molar-refractivity contribution >= 4 is 17.9 Å². The molecule has 0 aliphatic heterocycles. The highest BCUT2D eigenvalue weighted by molar-refractivity contribution is 5.71. The van der Waals surface area contributed by atoms with Gasteiger partial charge in [-0.05, 0) is 89.9 Å². The first-order valence-corrected chi connectivity index (χ1v) is 26.8. The number of allylic oxidation sites excluding steroid dienone is 14. The van der Waals surface area contributed by atoms with E-state index in [2.05, 4.69) is 98.9 Å². The van der Waals surface area contributed by atoms with Crippen LogP contribution in [0.25, 0.3) is 0 Å². The number of nitrogens with zero attached hydrogens (tertiary/aromatic N) is 1. The summed E-state index contributed by atoms with van der Waals surface area (Å²) in [4.78, 5) is 37.3. The van der Waals surface area contributed by atoms with Crippen LogP contribution in [0, 0.1) is 0 Å². The van der Waals surface area contributed by atoms with Crippen molar-refractivity contribution in [2.75, 3.05) is 47.5 Å². The van der Waals surface area contributed by atoms with Gasteiger partial charge in [0.2, 0.25) is 0 Å². The molecule has 0 fully saturated rings. The molecule has 0 amide bonds. The number of carboxylic acids is 1. The number of hydrogen-bond donors (Lipinski definition) is 1. The molecule has 9 heteroatoms. The highest BCUT2D eigenvalue weighted by atomic mass is 16.7. The number of ether oxygens (including phenoxy) is 4. The lowest BCUT2D eigenvalue weighted by Crippen LogP contribution is -2.40. The largest absolute Gasteiger partial charge is 0.477 e. The maximum atomic E-state index is 12.8. The molecule has 0 bridgehead atoms. The maximum absolute atomic E-state index is 12.8. The summed E-state index contributed by atoms with van der Waals surface area (Å²) in [6, 6.07) is 0. The second-order valence-corrected chi connectivity index (χ2v) is 18.8. The molecule has 0 saturated heterocycles. The lowest BCUT2D eigenvalue weighted by Gasteiger charge is -2.25. The Morgan fingerprint density at radius 1 is 0.463 bits per heavy atom. The number of carboxylic acid groups (broad SMARTS) is 1. The van der Waals surface area contributed by atoms with Crippen molar-refractivity contribution in [2.24, 2.45) is 0 Å². The minimum atomic E-state index is -1.53. The Morgan fingerprint density at radius 3 is 1.31 bits per heavy atom. The van der Waals surface area contributed by atoms with Crippen LogP contribution in [0.3, 0.4) is 0 Å². The molecule has 0 aromatic rings. The Bertz CT molecular complexity index is 1370. The fraction of sp³-hybridized carbons (Fsp3) is 0.707. The minimum absolute atomic E-state index is 0.175. The molecule has 2 unspecified atom stereocenters. The zero-order chi connectivity index (χ0) is 49.2. The molecule has 67 heavy (non-hydrogen) atoms. The van der Waals surface area contributed by atoms with E-state index in [0.717, 1.165) is 70.6 Å². The van der Waals surface area contributed by atoms with Gasteiger partial charge in [-0.25, -0.2) is 4.79 Å². The Hall–Kier alpha value is -3.53. The first-order valence-electron chi connectivity index (χ1n) is 26.8. The highest BCUT2D eigenvalue weighted by Crippen LogP contribution is 2.14. The molecule has 0 saturated carbocycles. The first kappa shape index (κ1) is 63.5. The van der Waals surface area contributed by atoms with E-state index >= 15 is 0 Å². The van der Waals surface area contributed by atoms with Crippen molar-refractivity contribution in [2.45, 2.75) is 219 Å². The molecular weight excluding hydrogens is 839 g/mol. The predicted octanol–water partition coefficient (Wildman–Crippen LogP) is 15.2. The number of hydrogen-bond acceptors (Lipinski definition) is 7. The van der Waals surface area contributed by atoms with E-state index in [9.17, 15) is 19.5 Å². The van der Waals surface area contributed by atoms with Crippen LogP contribution in [0.15, 0.2) is 85.1 Å². The van der Waals surface area contributed by atoms with Crippen LogP contribution in [-0.2, 0) is 33.3 Å². The summed E-state index contributed by atoms with van der Waals surface area (Å²) in [6.07, 6.45) is 60.8. The molecule has 0 spiro atoms. The molecule has 0 radical (unpaired) electrons. The Kier molecular flexibility index (Phi) is 46.3. The van der Waals surface area contributed by atoms with Gasteiger partial charge >= 0.3 is 17.9 Å². The monoisotopic (exact) mass is 939 g/mol. The van der Waals surface area contributed by atoms with Crippen LogP contribution in [0.4, 0.5) is 0 Å². The van der Waals surface area contributed by atoms with Gasteiger partial charge in [0.05, 0.1) is 34.4 Å². The van der Waals surface area contributed by atoms with Crippen LogP contribution in [0.5, 0.6) is 0 Å². The highest BCUT2D eigenvalue weighted by Gasteiger charge is 2.25. The van der Waals surface area contributed by atoms with Gasteiger partial charge in [0.25, 0.3) is 6.29 Å². The number of esters is 2. The van der Waals surface area contributed by atoms with Crippen LogP contribution >= 0.6 is 0 Å². The summed E-state index contributed by atoms with van der Waals surface area (Å²) in [5.74, 6) is -2.07. The quantitative estimate of drug-likeness (QED) is 0.0211. The van der Waals surface area contributed by atoms with Crippen LogP contribution < -0.4 is 0 Å². The van der Waals surface area contributed by atoms with Crippen molar-refractivity contribution in [3.63, 3.8) is 0 Å². The standard InChI is InChI=1S/C58H99NO8/c1-6-8-10-12-14-16-18-20-22-24-26-28-30-32-34-36-38-40-42-44-46-48-55(60)65-52-54(53-66-58(57(62)63)64-51-50-59(3,4)5)67-56(61)49-47-45-43-41-39-37-35-33-31-29-27-25-23-21-19-17-15-13-11-9-7-2/h9,11,15,17,21,23-24,26-27,29,33,35,39,41,54,58H,6-8,10,12-14,16,18-20,22,25,28,30-32,34,36-38,40,42-53H2,1-5H3/p+1/b11-9-,17-15-,23-21-,26-24-,29-27-,35-33-,41-39-. The smallest absolute Gasteiger partial charge is 0.361 e. The third-order valence-corrected chi connectivity index (χ3v) is 11.1. The third-order valence-electron chi connectivity index (χ3n) is 11.1. The zero-order valence-corrected chi connectivity index (χ0v) is 43.5. The van der Waals surface area contributed by atoms with Crippen molar-refractivity contribution in [3.8, 4) is 0 Å². The average molecular weight is 939 g/mol. The van der Waals surface area contributed by atoms with E-state index in [4.69, 9.17) is 18.9 Å². The van der Waals surface area contributed by atoms with Crippen LogP contribution in [0.1, 0.15) is 206 Å². The summed E-state index contributed by atoms with van der Waals surface area (Å²) in [5, 5.41) is 9.68. The molecule has 0 heterocycles. The molecule has 0 aromatic heterocycles. The molecular formula is C58H100NO8+. The predicted molar refractivity (Wildman–Crippen MR) is 281 cm³/mol. The average Bonchev–Trinajstić information content (AvgIpc) is 3.29. The van der Waals surface area contributed by atoms with Crippen molar-refractivity contribution < 1.29 is 42.9 Å². The number of carbonyl (C=O) groups excluding carboxylic acids is 2. The summed E-state index contributed by atoms with van der Waals surface area (Å²) in [6.45, 7) is 4.70. The molecule has 0 aromatic carbocycles. The number of carbonyl (C=O) groups is 3. The first-order chi connectivity index (χ1) is 32.6. The molecule has 9 nitrogen and oxygen atoms in total. The van der Waals surface area contributed by atoms with Crippen LogP contribution in [0.2, 0.25) is 0 Å². The van der Waals surface area contributed by atoms with E-state index in [-0.39, 0.29) is 38.6 Å². The van der Waals surface area contributed by atoms with E-state index < -0.39 is 24.3 Å². The molecule has 0 aliphatic carbocycles. The molecule has 0 aliphatic rings. The van der Waals surface area contributed by atoms with Crippen LogP contribution in [-0.4, -0.2) is 87.4 Å². The minimum Gasteiger partial charge on any atom is -0.477 e. The van der Waals surface area contributed by atoms with E-state index in [1.54, 1.807) is 0 Å².